The molecular formula is C12H14N4O2. The molecule has 6 heteroatoms. The summed E-state index contributed by atoms with van der Waals surface area (Å²) in [6.45, 7) is 2.44. The Kier molecular flexibility index (Phi) is 4.01. The number of nitrogens with zero attached hydrogens (tertiary/aromatic N) is 4. The fourth-order valence-corrected chi connectivity index (χ4v) is 1.34. The van der Waals surface area contributed by atoms with Crippen molar-refractivity contribution in [3.05, 3.63) is 36.3 Å². The third kappa shape index (κ3) is 2.91. The second-order valence-electron chi connectivity index (χ2n) is 3.73. The lowest BCUT2D eigenvalue weighted by Gasteiger charge is -1.99. The van der Waals surface area contributed by atoms with E-state index in [4.69, 9.17) is 4.74 Å². The molecular weight excluding hydrogens is 232 g/mol. The Labute approximate surface area is 105 Å². The monoisotopic (exact) mass is 246 g/mol. The van der Waals surface area contributed by atoms with Crippen LogP contribution in [0.15, 0.2) is 30.6 Å². The highest BCUT2D eigenvalue weighted by Crippen LogP contribution is 2.04. The number of hydrogen-bond donors (Lipinski definition) is 0. The predicted molar refractivity (Wildman–Crippen MR) is 64.3 cm³/mol. The van der Waals surface area contributed by atoms with E-state index in [1.807, 2.05) is 13.0 Å². The highest BCUT2D eigenvalue weighted by Gasteiger charge is 2.12. The molecule has 18 heavy (non-hydrogen) atoms. The Morgan fingerprint density at radius 1 is 1.44 bits per heavy atom. The maximum absolute atomic E-state index is 11.6. The fraction of sp³-hybridized carbons (Fsp3) is 0.333. The van der Waals surface area contributed by atoms with Crippen LogP contribution in [-0.4, -0.2) is 32.6 Å². The molecule has 0 aromatic carbocycles. The van der Waals surface area contributed by atoms with E-state index >= 15 is 0 Å². The Morgan fingerprint density at radius 3 is 3.06 bits per heavy atom. The van der Waals surface area contributed by atoms with Crippen LogP contribution < -0.4 is 0 Å². The molecule has 2 aromatic heterocycles. The van der Waals surface area contributed by atoms with Crippen molar-refractivity contribution in [3.8, 4) is 5.82 Å². The maximum atomic E-state index is 11.6. The van der Waals surface area contributed by atoms with Gasteiger partial charge in [-0.3, -0.25) is 0 Å². The lowest BCUT2D eigenvalue weighted by atomic mass is 10.4. The molecule has 2 rings (SSSR count). The maximum Gasteiger partial charge on any atom is 0.360 e. The first-order chi connectivity index (χ1) is 8.81. The lowest BCUT2D eigenvalue weighted by molar-refractivity contribution is 0.0492. The first-order valence-corrected chi connectivity index (χ1v) is 5.82. The number of carbonyl (C=O) groups is 1. The number of aromatic nitrogens is 4. The average molecular weight is 246 g/mol. The minimum atomic E-state index is -0.453. The third-order valence-electron chi connectivity index (χ3n) is 2.32. The number of ether oxygens (including phenoxy) is 1. The normalized spacial score (nSPS) is 10.3. The van der Waals surface area contributed by atoms with Gasteiger partial charge in [-0.25, -0.2) is 14.5 Å². The van der Waals surface area contributed by atoms with Gasteiger partial charge in [0.05, 0.1) is 12.8 Å². The molecule has 0 aliphatic carbocycles. The van der Waals surface area contributed by atoms with Gasteiger partial charge in [0, 0.05) is 6.20 Å². The molecule has 94 valence electrons. The summed E-state index contributed by atoms with van der Waals surface area (Å²) < 4.78 is 6.48. The predicted octanol–water partition coefficient (Wildman–Crippen LogP) is 1.62. The SMILES string of the molecule is CCCCOC(=O)c1cn(-c2ccccn2)nn1. The Balaban J connectivity index is 2.04. The van der Waals surface area contributed by atoms with Crippen LogP contribution in [0.1, 0.15) is 30.3 Å². The van der Waals surface area contributed by atoms with E-state index in [1.54, 1.807) is 18.3 Å². The molecule has 0 saturated heterocycles. The zero-order valence-electron chi connectivity index (χ0n) is 10.1. The largest absolute Gasteiger partial charge is 0.461 e. The summed E-state index contributed by atoms with van der Waals surface area (Å²) in [6.07, 6.45) is 4.99. The van der Waals surface area contributed by atoms with E-state index < -0.39 is 5.97 Å². The molecule has 0 aliphatic rings. The van der Waals surface area contributed by atoms with Gasteiger partial charge in [-0.2, -0.15) is 0 Å². The molecule has 0 bridgehead atoms. The van der Waals surface area contributed by atoms with Gasteiger partial charge in [0.25, 0.3) is 0 Å². The van der Waals surface area contributed by atoms with Crippen LogP contribution in [0, 0.1) is 0 Å². The minimum absolute atomic E-state index is 0.191. The third-order valence-corrected chi connectivity index (χ3v) is 2.32. The van der Waals surface area contributed by atoms with E-state index in [0.717, 1.165) is 12.8 Å². The van der Waals surface area contributed by atoms with Gasteiger partial charge >= 0.3 is 5.97 Å². The van der Waals surface area contributed by atoms with Gasteiger partial charge in [-0.15, -0.1) is 5.10 Å². The second kappa shape index (κ2) is 5.90. The molecule has 0 amide bonds. The van der Waals surface area contributed by atoms with Crippen molar-refractivity contribution in [1.82, 2.24) is 20.0 Å². The summed E-state index contributed by atoms with van der Waals surface area (Å²) in [7, 11) is 0. The van der Waals surface area contributed by atoms with Crippen molar-refractivity contribution < 1.29 is 9.53 Å². The van der Waals surface area contributed by atoms with Crippen LogP contribution in [0.2, 0.25) is 0 Å². The fourth-order valence-electron chi connectivity index (χ4n) is 1.34. The molecule has 6 nitrogen and oxygen atoms in total. The highest BCUT2D eigenvalue weighted by atomic mass is 16.5. The standard InChI is InChI=1S/C12H14N4O2/c1-2-3-8-18-12(17)10-9-16(15-14-10)11-6-4-5-7-13-11/h4-7,9H,2-3,8H2,1H3. The molecule has 0 N–H and O–H groups in total. The molecule has 0 saturated carbocycles. The van der Waals surface area contributed by atoms with E-state index in [9.17, 15) is 4.79 Å². The number of pyridine rings is 1. The lowest BCUT2D eigenvalue weighted by Crippen LogP contribution is -2.06. The quantitative estimate of drug-likeness (QED) is 0.592. The number of unbranched alkanes of at least 4 members (excludes halogenated alkanes) is 1. The van der Waals surface area contributed by atoms with E-state index in [0.29, 0.717) is 12.4 Å². The summed E-state index contributed by atoms with van der Waals surface area (Å²) in [5.41, 5.74) is 0.191. The van der Waals surface area contributed by atoms with Crippen LogP contribution in [0.25, 0.3) is 5.82 Å². The Bertz CT molecular complexity index is 510. The van der Waals surface area contributed by atoms with Gasteiger partial charge < -0.3 is 4.74 Å². The molecule has 0 atom stereocenters. The van der Waals surface area contributed by atoms with Crippen LogP contribution in [0.5, 0.6) is 0 Å². The first-order valence-electron chi connectivity index (χ1n) is 5.82. The van der Waals surface area contributed by atoms with E-state index in [-0.39, 0.29) is 5.69 Å². The molecule has 2 heterocycles. The van der Waals surface area contributed by atoms with Crippen LogP contribution in [0.3, 0.4) is 0 Å². The van der Waals surface area contributed by atoms with Crippen molar-refractivity contribution in [2.24, 2.45) is 0 Å². The van der Waals surface area contributed by atoms with Crippen molar-refractivity contribution >= 4 is 5.97 Å². The summed E-state index contributed by atoms with van der Waals surface area (Å²) in [5, 5.41) is 7.61. The van der Waals surface area contributed by atoms with Crippen molar-refractivity contribution in [3.63, 3.8) is 0 Å². The molecule has 0 radical (unpaired) electrons. The summed E-state index contributed by atoms with van der Waals surface area (Å²) in [4.78, 5) is 15.7. The summed E-state index contributed by atoms with van der Waals surface area (Å²) >= 11 is 0. The van der Waals surface area contributed by atoms with Crippen molar-refractivity contribution in [1.29, 1.82) is 0 Å². The van der Waals surface area contributed by atoms with Crippen molar-refractivity contribution in [2.45, 2.75) is 19.8 Å². The molecule has 0 fully saturated rings. The van der Waals surface area contributed by atoms with E-state index in [1.165, 1.54) is 10.9 Å². The van der Waals surface area contributed by atoms with Crippen LogP contribution >= 0.6 is 0 Å². The molecule has 0 spiro atoms. The van der Waals surface area contributed by atoms with E-state index in [2.05, 4.69) is 15.3 Å². The average Bonchev–Trinajstić information content (AvgIpc) is 2.89. The minimum Gasteiger partial charge on any atom is -0.461 e. The van der Waals surface area contributed by atoms with Gasteiger partial charge in [-0.05, 0) is 18.6 Å². The summed E-state index contributed by atoms with van der Waals surface area (Å²) in [6, 6.07) is 5.42. The number of esters is 1. The zero-order valence-corrected chi connectivity index (χ0v) is 10.1. The highest BCUT2D eigenvalue weighted by molar-refractivity contribution is 5.86. The Morgan fingerprint density at radius 2 is 2.33 bits per heavy atom. The van der Waals surface area contributed by atoms with Gasteiger partial charge in [-0.1, -0.05) is 24.6 Å². The van der Waals surface area contributed by atoms with Gasteiger partial charge in [0.2, 0.25) is 0 Å². The number of rotatable bonds is 5. The smallest absolute Gasteiger partial charge is 0.360 e. The van der Waals surface area contributed by atoms with Gasteiger partial charge in [0.1, 0.15) is 0 Å². The number of carbonyl (C=O) groups excluding carboxylic acids is 1. The van der Waals surface area contributed by atoms with Gasteiger partial charge in [0.15, 0.2) is 11.5 Å². The topological polar surface area (TPSA) is 69.9 Å². The Hall–Kier alpha value is -2.24. The zero-order chi connectivity index (χ0) is 12.8. The van der Waals surface area contributed by atoms with Crippen LogP contribution in [-0.2, 0) is 4.74 Å². The first kappa shape index (κ1) is 12.2. The molecule has 0 unspecified atom stereocenters. The summed E-state index contributed by atoms with van der Waals surface area (Å²) in [5.74, 6) is 0.156. The second-order valence-corrected chi connectivity index (χ2v) is 3.73. The van der Waals surface area contributed by atoms with Crippen LogP contribution in [0.4, 0.5) is 0 Å². The number of hydrogen-bond acceptors (Lipinski definition) is 5. The molecule has 0 aliphatic heterocycles. The van der Waals surface area contributed by atoms with Crippen molar-refractivity contribution in [2.75, 3.05) is 6.61 Å². The molecule has 2 aromatic rings.